The average Bonchev–Trinajstić information content (AvgIpc) is 2.34. The molecule has 2 aromatic carbocycles. The van der Waals surface area contributed by atoms with Crippen LogP contribution in [0.1, 0.15) is 5.56 Å². The second-order valence-corrected chi connectivity index (χ2v) is 6.68. The van der Waals surface area contributed by atoms with Crippen molar-refractivity contribution >= 4 is 31.6 Å². The molecule has 0 unspecified atom stereocenters. The maximum Gasteiger partial charge on any atom is 0.262 e. The van der Waals surface area contributed by atoms with Gasteiger partial charge in [0.05, 0.1) is 10.6 Å². The van der Waals surface area contributed by atoms with Gasteiger partial charge in [0.15, 0.2) is 0 Å². The van der Waals surface area contributed by atoms with Crippen LogP contribution in [0.5, 0.6) is 5.75 Å². The SMILES string of the molecule is Cc1ccc(S(=O)(=O)Nc2cc(Br)ccc2O)cc1. The molecular weight excluding hydrogens is 330 g/mol. The fraction of sp³-hybridized carbons (Fsp3) is 0.0769. The zero-order chi connectivity index (χ0) is 14.0. The summed E-state index contributed by atoms with van der Waals surface area (Å²) in [6.07, 6.45) is 0. The van der Waals surface area contributed by atoms with Crippen LogP contribution in [0.4, 0.5) is 5.69 Å². The Hall–Kier alpha value is -1.53. The van der Waals surface area contributed by atoms with Crippen LogP contribution >= 0.6 is 15.9 Å². The highest BCUT2D eigenvalue weighted by Crippen LogP contribution is 2.28. The van der Waals surface area contributed by atoms with Crippen LogP contribution in [0.2, 0.25) is 0 Å². The molecule has 100 valence electrons. The van der Waals surface area contributed by atoms with Gasteiger partial charge in [-0.15, -0.1) is 0 Å². The number of nitrogens with one attached hydrogen (secondary N) is 1. The van der Waals surface area contributed by atoms with Gasteiger partial charge in [-0.1, -0.05) is 33.6 Å². The van der Waals surface area contributed by atoms with Crippen molar-refractivity contribution in [3.05, 3.63) is 52.5 Å². The smallest absolute Gasteiger partial charge is 0.262 e. The lowest BCUT2D eigenvalue weighted by atomic mass is 10.2. The Bertz CT molecular complexity index is 696. The molecule has 0 bridgehead atoms. The molecule has 2 N–H and O–H groups in total. The molecule has 0 radical (unpaired) electrons. The molecule has 4 nitrogen and oxygen atoms in total. The van der Waals surface area contributed by atoms with Gasteiger partial charge in [0, 0.05) is 4.47 Å². The molecule has 0 aliphatic rings. The minimum atomic E-state index is -3.70. The van der Waals surface area contributed by atoms with Gasteiger partial charge in [0.25, 0.3) is 10.0 Å². The predicted molar refractivity (Wildman–Crippen MR) is 77.8 cm³/mol. The number of rotatable bonds is 3. The van der Waals surface area contributed by atoms with E-state index in [0.717, 1.165) is 5.56 Å². The van der Waals surface area contributed by atoms with E-state index in [9.17, 15) is 13.5 Å². The van der Waals surface area contributed by atoms with E-state index >= 15 is 0 Å². The number of aromatic hydroxyl groups is 1. The summed E-state index contributed by atoms with van der Waals surface area (Å²) in [5.41, 5.74) is 1.11. The first-order valence-corrected chi connectivity index (χ1v) is 7.74. The summed E-state index contributed by atoms with van der Waals surface area (Å²) in [6, 6.07) is 11.0. The van der Waals surface area contributed by atoms with E-state index in [1.165, 1.54) is 24.3 Å². The number of sulfonamides is 1. The minimum absolute atomic E-state index is 0.126. The zero-order valence-electron chi connectivity index (χ0n) is 10.1. The third-order valence-electron chi connectivity index (χ3n) is 2.53. The normalized spacial score (nSPS) is 11.3. The molecule has 0 aromatic heterocycles. The average molecular weight is 342 g/mol. The highest BCUT2D eigenvalue weighted by atomic mass is 79.9. The van der Waals surface area contributed by atoms with E-state index in [4.69, 9.17) is 0 Å². The standard InChI is InChI=1S/C13H12BrNO3S/c1-9-2-5-11(6-3-9)19(17,18)15-12-8-10(14)4-7-13(12)16/h2-8,15-16H,1H3. The van der Waals surface area contributed by atoms with Crippen molar-refractivity contribution in [2.24, 2.45) is 0 Å². The van der Waals surface area contributed by atoms with E-state index < -0.39 is 10.0 Å². The third kappa shape index (κ3) is 3.27. The van der Waals surface area contributed by atoms with E-state index in [1.807, 2.05) is 6.92 Å². The third-order valence-corrected chi connectivity index (χ3v) is 4.41. The van der Waals surface area contributed by atoms with Crippen LogP contribution < -0.4 is 4.72 Å². The monoisotopic (exact) mass is 341 g/mol. The predicted octanol–water partition coefficient (Wildman–Crippen LogP) is 3.26. The second-order valence-electron chi connectivity index (χ2n) is 4.08. The summed E-state index contributed by atoms with van der Waals surface area (Å²) in [4.78, 5) is 0.150. The van der Waals surface area contributed by atoms with Crippen LogP contribution in [-0.4, -0.2) is 13.5 Å². The molecule has 0 fully saturated rings. The maximum absolute atomic E-state index is 12.1. The topological polar surface area (TPSA) is 66.4 Å². The zero-order valence-corrected chi connectivity index (χ0v) is 12.5. The van der Waals surface area contributed by atoms with E-state index in [-0.39, 0.29) is 16.3 Å². The summed E-state index contributed by atoms with van der Waals surface area (Å²) < 4.78 is 27.3. The molecule has 0 amide bonds. The Morgan fingerprint density at radius 2 is 1.74 bits per heavy atom. The van der Waals surface area contributed by atoms with Gasteiger partial charge in [-0.3, -0.25) is 4.72 Å². The molecule has 0 spiro atoms. The number of phenols is 1. The number of aryl methyl sites for hydroxylation is 1. The van der Waals surface area contributed by atoms with E-state index in [0.29, 0.717) is 4.47 Å². The summed E-state index contributed by atoms with van der Waals surface area (Å²) >= 11 is 3.22. The molecule has 6 heteroatoms. The Morgan fingerprint density at radius 3 is 2.37 bits per heavy atom. The van der Waals surface area contributed by atoms with Crippen molar-refractivity contribution in [3.8, 4) is 5.75 Å². The highest BCUT2D eigenvalue weighted by molar-refractivity contribution is 9.10. The van der Waals surface area contributed by atoms with Crippen molar-refractivity contribution in [2.75, 3.05) is 4.72 Å². The van der Waals surface area contributed by atoms with Crippen molar-refractivity contribution in [1.82, 2.24) is 0 Å². The van der Waals surface area contributed by atoms with Crippen LogP contribution in [0.15, 0.2) is 51.8 Å². The van der Waals surface area contributed by atoms with Crippen LogP contribution in [0, 0.1) is 6.92 Å². The highest BCUT2D eigenvalue weighted by Gasteiger charge is 2.15. The molecular formula is C13H12BrNO3S. The number of halogens is 1. The Morgan fingerprint density at radius 1 is 1.11 bits per heavy atom. The van der Waals surface area contributed by atoms with Gasteiger partial charge >= 0.3 is 0 Å². The van der Waals surface area contributed by atoms with Crippen LogP contribution in [0.25, 0.3) is 0 Å². The summed E-state index contributed by atoms with van der Waals surface area (Å²) in [5, 5.41) is 9.64. The maximum atomic E-state index is 12.1. The van der Waals surface area contributed by atoms with Gasteiger partial charge in [0.1, 0.15) is 5.75 Å². The van der Waals surface area contributed by atoms with Gasteiger partial charge in [-0.05, 0) is 37.3 Å². The Balaban J connectivity index is 2.36. The minimum Gasteiger partial charge on any atom is -0.506 e. The summed E-state index contributed by atoms with van der Waals surface area (Å²) in [6.45, 7) is 1.88. The lowest BCUT2D eigenvalue weighted by Gasteiger charge is -2.10. The first-order valence-electron chi connectivity index (χ1n) is 5.46. The molecule has 0 aliphatic heterocycles. The second kappa shape index (κ2) is 5.22. The Labute approximate surface area is 120 Å². The quantitative estimate of drug-likeness (QED) is 0.842. The molecule has 19 heavy (non-hydrogen) atoms. The number of hydrogen-bond acceptors (Lipinski definition) is 3. The fourth-order valence-electron chi connectivity index (χ4n) is 1.51. The largest absolute Gasteiger partial charge is 0.506 e. The van der Waals surface area contributed by atoms with Gasteiger partial charge in [-0.2, -0.15) is 0 Å². The fourth-order valence-corrected chi connectivity index (χ4v) is 2.94. The molecule has 0 saturated heterocycles. The summed E-state index contributed by atoms with van der Waals surface area (Å²) in [5.74, 6) is -0.126. The molecule has 2 aromatic rings. The molecule has 0 heterocycles. The van der Waals surface area contributed by atoms with Crippen molar-refractivity contribution in [2.45, 2.75) is 11.8 Å². The first kappa shape index (κ1) is 13.9. The van der Waals surface area contributed by atoms with E-state index in [2.05, 4.69) is 20.7 Å². The van der Waals surface area contributed by atoms with Gasteiger partial charge in [0.2, 0.25) is 0 Å². The molecule has 0 aliphatic carbocycles. The van der Waals surface area contributed by atoms with E-state index in [1.54, 1.807) is 18.2 Å². The molecule has 0 saturated carbocycles. The van der Waals surface area contributed by atoms with Crippen molar-refractivity contribution in [1.29, 1.82) is 0 Å². The molecule has 0 atom stereocenters. The summed E-state index contributed by atoms with van der Waals surface area (Å²) in [7, 11) is -3.70. The molecule has 2 rings (SSSR count). The number of anilines is 1. The van der Waals surface area contributed by atoms with Crippen molar-refractivity contribution in [3.63, 3.8) is 0 Å². The number of phenolic OH excluding ortho intramolecular Hbond substituents is 1. The van der Waals surface area contributed by atoms with Gasteiger partial charge < -0.3 is 5.11 Å². The lowest BCUT2D eigenvalue weighted by molar-refractivity contribution is 0.477. The Kier molecular flexibility index (Phi) is 3.82. The number of hydrogen-bond donors (Lipinski definition) is 2. The van der Waals surface area contributed by atoms with Crippen molar-refractivity contribution < 1.29 is 13.5 Å². The van der Waals surface area contributed by atoms with Crippen LogP contribution in [-0.2, 0) is 10.0 Å². The number of benzene rings is 2. The first-order chi connectivity index (χ1) is 8.88. The van der Waals surface area contributed by atoms with Gasteiger partial charge in [-0.25, -0.2) is 8.42 Å². The van der Waals surface area contributed by atoms with Crippen LogP contribution in [0.3, 0.4) is 0 Å². The lowest BCUT2D eigenvalue weighted by Crippen LogP contribution is -2.13.